The van der Waals surface area contributed by atoms with E-state index in [1.807, 2.05) is 0 Å². The summed E-state index contributed by atoms with van der Waals surface area (Å²) < 4.78 is 42.6. The van der Waals surface area contributed by atoms with Crippen LogP contribution in [0.4, 0.5) is 13.2 Å². The Morgan fingerprint density at radius 3 is 2.50 bits per heavy atom. The Balaban J connectivity index is 3.14. The number of alkyl halides is 4. The van der Waals surface area contributed by atoms with Crippen LogP contribution in [0.2, 0.25) is 0 Å². The lowest BCUT2D eigenvalue weighted by molar-refractivity contribution is -0.132. The number of hydrogen-bond acceptors (Lipinski definition) is 1. The van der Waals surface area contributed by atoms with Crippen LogP contribution in [0.5, 0.6) is 5.75 Å². The topological polar surface area (TPSA) is 9.23 Å². The van der Waals surface area contributed by atoms with Crippen LogP contribution in [0, 0.1) is 6.92 Å². The third-order valence-corrected chi connectivity index (χ3v) is 2.51. The molecule has 1 aromatic rings. The minimum atomic E-state index is -4.47. The average molecular weight is 253 g/mol. The van der Waals surface area contributed by atoms with Gasteiger partial charge in [-0.2, -0.15) is 13.2 Å². The summed E-state index contributed by atoms with van der Waals surface area (Å²) in [5.41, 5.74) is 0.685. The first-order valence-corrected chi connectivity index (χ1v) is 5.24. The molecule has 5 heteroatoms. The third kappa shape index (κ3) is 3.04. The Morgan fingerprint density at radius 2 is 2.00 bits per heavy atom. The minimum Gasteiger partial charge on any atom is -0.494 e. The van der Waals surface area contributed by atoms with Crippen molar-refractivity contribution in [1.82, 2.24) is 0 Å². The zero-order valence-electron chi connectivity index (χ0n) is 8.94. The van der Waals surface area contributed by atoms with E-state index in [2.05, 4.69) is 0 Å². The highest BCUT2D eigenvalue weighted by atomic mass is 35.5. The van der Waals surface area contributed by atoms with Gasteiger partial charge in [-0.25, -0.2) is 0 Å². The maximum Gasteiger partial charge on any atom is 0.409 e. The zero-order chi connectivity index (χ0) is 12.3. The molecule has 0 aliphatic rings. The zero-order valence-corrected chi connectivity index (χ0v) is 9.69. The van der Waals surface area contributed by atoms with Gasteiger partial charge < -0.3 is 4.74 Å². The van der Waals surface area contributed by atoms with Crippen molar-refractivity contribution in [1.29, 1.82) is 0 Å². The summed E-state index contributed by atoms with van der Waals surface area (Å²) in [5.74, 6) is 0.186. The molecule has 0 aliphatic heterocycles. The van der Waals surface area contributed by atoms with Crippen LogP contribution in [-0.2, 0) is 0 Å². The molecule has 1 nitrogen and oxygen atoms in total. The van der Waals surface area contributed by atoms with Crippen molar-refractivity contribution in [2.24, 2.45) is 0 Å². The molecule has 0 saturated carbocycles. The number of benzene rings is 1. The van der Waals surface area contributed by atoms with Gasteiger partial charge in [-0.05, 0) is 19.9 Å². The second kappa shape index (κ2) is 4.95. The molecule has 1 aromatic carbocycles. The Bertz CT molecular complexity index is 363. The molecular formula is C11H12ClF3O. The van der Waals surface area contributed by atoms with Crippen molar-refractivity contribution in [3.05, 3.63) is 29.3 Å². The van der Waals surface area contributed by atoms with Gasteiger partial charge in [0.25, 0.3) is 0 Å². The summed E-state index contributed by atoms with van der Waals surface area (Å²) in [7, 11) is 0. The van der Waals surface area contributed by atoms with E-state index in [-0.39, 0.29) is 11.3 Å². The molecule has 1 rings (SSSR count). The fraction of sp³-hybridized carbons (Fsp3) is 0.455. The standard InChI is InChI=1S/C11H12ClF3O/c1-3-16-9-5-4-7(2)6-8(9)10(12)11(13,14)15/h4-6,10H,3H2,1-2H3. The summed E-state index contributed by atoms with van der Waals surface area (Å²) in [6.07, 6.45) is -4.47. The number of halogens is 4. The van der Waals surface area contributed by atoms with E-state index in [1.165, 1.54) is 12.1 Å². The minimum absolute atomic E-state index is 0.0315. The van der Waals surface area contributed by atoms with Gasteiger partial charge in [0.15, 0.2) is 5.38 Å². The monoisotopic (exact) mass is 252 g/mol. The van der Waals surface area contributed by atoms with Crippen LogP contribution in [0.15, 0.2) is 18.2 Å². The van der Waals surface area contributed by atoms with Crippen molar-refractivity contribution in [3.63, 3.8) is 0 Å². The van der Waals surface area contributed by atoms with Gasteiger partial charge in [-0.3, -0.25) is 0 Å². The fourth-order valence-electron chi connectivity index (χ4n) is 1.33. The summed E-state index contributed by atoms with van der Waals surface area (Å²) in [6.45, 7) is 3.72. The smallest absolute Gasteiger partial charge is 0.409 e. The summed E-state index contributed by atoms with van der Waals surface area (Å²) >= 11 is 5.39. The number of aryl methyl sites for hydroxylation is 1. The molecule has 0 N–H and O–H groups in total. The SMILES string of the molecule is CCOc1ccc(C)cc1C(Cl)C(F)(F)F. The molecule has 16 heavy (non-hydrogen) atoms. The highest BCUT2D eigenvalue weighted by molar-refractivity contribution is 6.21. The summed E-state index contributed by atoms with van der Waals surface area (Å²) in [4.78, 5) is 0. The van der Waals surface area contributed by atoms with Crippen LogP contribution in [0.25, 0.3) is 0 Å². The number of hydrogen-bond donors (Lipinski definition) is 0. The van der Waals surface area contributed by atoms with Gasteiger partial charge in [-0.15, -0.1) is 11.6 Å². The van der Waals surface area contributed by atoms with E-state index in [0.29, 0.717) is 12.2 Å². The lowest BCUT2D eigenvalue weighted by Gasteiger charge is -2.18. The molecule has 0 bridgehead atoms. The van der Waals surface area contributed by atoms with Gasteiger partial charge in [0.05, 0.1) is 6.61 Å². The van der Waals surface area contributed by atoms with Crippen molar-refractivity contribution in [3.8, 4) is 5.75 Å². The Morgan fingerprint density at radius 1 is 1.38 bits per heavy atom. The van der Waals surface area contributed by atoms with E-state index in [4.69, 9.17) is 16.3 Å². The van der Waals surface area contributed by atoms with Crippen LogP contribution in [0.3, 0.4) is 0 Å². The van der Waals surface area contributed by atoms with Gasteiger partial charge in [0, 0.05) is 5.56 Å². The molecule has 0 amide bonds. The van der Waals surface area contributed by atoms with E-state index in [1.54, 1.807) is 19.9 Å². The molecule has 0 aromatic heterocycles. The molecule has 0 fully saturated rings. The molecule has 0 saturated heterocycles. The van der Waals surface area contributed by atoms with Crippen molar-refractivity contribution >= 4 is 11.6 Å². The lowest BCUT2D eigenvalue weighted by Crippen LogP contribution is -2.16. The second-order valence-corrected chi connectivity index (χ2v) is 3.81. The molecule has 0 heterocycles. The van der Waals surface area contributed by atoms with E-state index in [9.17, 15) is 13.2 Å². The van der Waals surface area contributed by atoms with Crippen LogP contribution in [-0.4, -0.2) is 12.8 Å². The first-order chi connectivity index (χ1) is 7.36. The van der Waals surface area contributed by atoms with E-state index >= 15 is 0 Å². The van der Waals surface area contributed by atoms with Crippen molar-refractivity contribution in [2.75, 3.05) is 6.61 Å². The molecule has 1 unspecified atom stereocenters. The lowest BCUT2D eigenvalue weighted by atomic mass is 10.1. The Labute approximate surface area is 97.2 Å². The normalized spacial score (nSPS) is 13.6. The maximum atomic E-state index is 12.5. The predicted molar refractivity (Wildman–Crippen MR) is 57.0 cm³/mol. The number of rotatable bonds is 3. The largest absolute Gasteiger partial charge is 0.494 e. The fourth-order valence-corrected chi connectivity index (χ4v) is 1.50. The molecule has 90 valence electrons. The Kier molecular flexibility index (Phi) is 4.08. The van der Waals surface area contributed by atoms with Crippen molar-refractivity contribution in [2.45, 2.75) is 25.4 Å². The highest BCUT2D eigenvalue weighted by Gasteiger charge is 2.40. The number of ether oxygens (including phenoxy) is 1. The summed E-state index contributed by atoms with van der Waals surface area (Å²) in [5, 5.41) is -2.03. The molecular weight excluding hydrogens is 241 g/mol. The average Bonchev–Trinajstić information content (AvgIpc) is 2.18. The molecule has 0 spiro atoms. The van der Waals surface area contributed by atoms with Crippen molar-refractivity contribution < 1.29 is 17.9 Å². The highest BCUT2D eigenvalue weighted by Crippen LogP contribution is 2.42. The van der Waals surface area contributed by atoms with Gasteiger partial charge >= 0.3 is 6.18 Å². The molecule has 0 radical (unpaired) electrons. The van der Waals surface area contributed by atoms with E-state index < -0.39 is 11.6 Å². The first-order valence-electron chi connectivity index (χ1n) is 4.80. The summed E-state index contributed by atoms with van der Waals surface area (Å²) in [6, 6.07) is 4.60. The van der Waals surface area contributed by atoms with Crippen LogP contribution >= 0.6 is 11.6 Å². The second-order valence-electron chi connectivity index (χ2n) is 3.38. The van der Waals surface area contributed by atoms with Gasteiger partial charge in [0.1, 0.15) is 5.75 Å². The van der Waals surface area contributed by atoms with Crippen LogP contribution < -0.4 is 4.74 Å². The third-order valence-electron chi connectivity index (χ3n) is 2.03. The van der Waals surface area contributed by atoms with E-state index in [0.717, 1.165) is 0 Å². The Hall–Kier alpha value is -0.900. The quantitative estimate of drug-likeness (QED) is 0.732. The first kappa shape index (κ1) is 13.2. The van der Waals surface area contributed by atoms with Crippen LogP contribution in [0.1, 0.15) is 23.4 Å². The molecule has 1 atom stereocenters. The maximum absolute atomic E-state index is 12.5. The predicted octanol–water partition coefficient (Wildman–Crippen LogP) is 4.24. The van der Waals surface area contributed by atoms with Gasteiger partial charge in [-0.1, -0.05) is 17.7 Å². The molecule has 0 aliphatic carbocycles. The van der Waals surface area contributed by atoms with Gasteiger partial charge in [0.2, 0.25) is 0 Å².